The van der Waals surface area contributed by atoms with E-state index in [1.54, 1.807) is 0 Å². The number of fused-ring (bicyclic) bond motifs is 6. The summed E-state index contributed by atoms with van der Waals surface area (Å²) in [4.78, 5) is 72.5. The number of benzene rings is 2. The van der Waals surface area contributed by atoms with Crippen LogP contribution in [0.3, 0.4) is 0 Å². The Kier molecular flexibility index (Phi) is 15.2. The van der Waals surface area contributed by atoms with Crippen LogP contribution in [-0.2, 0) is 44.7 Å². The number of nitrogens with one attached hydrogen (secondary N) is 4. The van der Waals surface area contributed by atoms with Gasteiger partial charge >= 0.3 is 5.97 Å². The van der Waals surface area contributed by atoms with Crippen LogP contribution < -0.4 is 32.7 Å². The summed E-state index contributed by atoms with van der Waals surface area (Å²) >= 11 is 0. The maximum absolute atomic E-state index is 14.8. The van der Waals surface area contributed by atoms with Gasteiger partial charge < -0.3 is 52.1 Å². The van der Waals surface area contributed by atoms with Gasteiger partial charge in [-0.3, -0.25) is 29.0 Å². The van der Waals surface area contributed by atoms with Gasteiger partial charge in [0.1, 0.15) is 18.2 Å². The van der Waals surface area contributed by atoms with Crippen molar-refractivity contribution in [2.75, 3.05) is 20.3 Å². The predicted molar refractivity (Wildman–Crippen MR) is 254 cm³/mol. The molecule has 2 aliphatic heterocycles. The molecule has 14 atom stereocenters. The van der Waals surface area contributed by atoms with Crippen LogP contribution in [0.15, 0.2) is 65.7 Å². The molecule has 2 saturated heterocycles. The molecule has 4 saturated carbocycles. The summed E-state index contributed by atoms with van der Waals surface area (Å²) in [5.74, 6) is -3.31. The van der Waals surface area contributed by atoms with E-state index in [4.69, 9.17) is 25.7 Å². The molecular weight excluding hydrogens is 867 g/mol. The molecule has 68 heavy (non-hydrogen) atoms. The number of rotatable bonds is 18. The number of hydrogen-bond acceptors (Lipinski definition) is 9. The van der Waals surface area contributed by atoms with Crippen LogP contribution >= 0.6 is 0 Å². The number of carbonyl (C=O) groups is 5. The van der Waals surface area contributed by atoms with Crippen LogP contribution in [-0.4, -0.2) is 91.0 Å². The highest BCUT2D eigenvalue weighted by molar-refractivity contribution is 5.93. The van der Waals surface area contributed by atoms with Crippen molar-refractivity contribution in [3.8, 4) is 0 Å². The van der Waals surface area contributed by atoms with Gasteiger partial charge in [-0.25, -0.2) is 0 Å². The summed E-state index contributed by atoms with van der Waals surface area (Å²) in [7, 11) is 1.84. The largest absolute Gasteiger partial charge is 0.481 e. The first-order valence-corrected chi connectivity index (χ1v) is 25.0. The van der Waals surface area contributed by atoms with Gasteiger partial charge in [-0.15, -0.1) is 0 Å². The first-order chi connectivity index (χ1) is 32.6. The van der Waals surface area contributed by atoms with Crippen molar-refractivity contribution < 1.29 is 43.3 Å². The molecule has 1 spiro atoms. The van der Waals surface area contributed by atoms with Crippen molar-refractivity contribution in [3.63, 3.8) is 0 Å². The molecular formula is C52H73N7O9. The number of aliphatic carboxylic acids is 1. The second-order valence-electron chi connectivity index (χ2n) is 21.1. The van der Waals surface area contributed by atoms with E-state index in [9.17, 15) is 29.1 Å². The second kappa shape index (κ2) is 20.9. The highest BCUT2D eigenvalue weighted by atomic mass is 16.7. The lowest BCUT2D eigenvalue weighted by Crippen LogP contribution is -2.66. The Morgan fingerprint density at radius 2 is 1.57 bits per heavy atom. The summed E-state index contributed by atoms with van der Waals surface area (Å²) in [5, 5.41) is 21.4. The van der Waals surface area contributed by atoms with E-state index in [0.29, 0.717) is 56.1 Å². The number of hydrogen-bond donors (Lipinski definition) is 7. The van der Waals surface area contributed by atoms with Gasteiger partial charge in [0.15, 0.2) is 11.7 Å². The summed E-state index contributed by atoms with van der Waals surface area (Å²) in [6.07, 6.45) is 9.64. The van der Waals surface area contributed by atoms with Crippen LogP contribution in [0.2, 0.25) is 0 Å². The summed E-state index contributed by atoms with van der Waals surface area (Å²) < 4.78 is 19.5. The van der Waals surface area contributed by atoms with E-state index in [1.165, 1.54) is 0 Å². The minimum atomic E-state index is -1.30. The van der Waals surface area contributed by atoms with E-state index >= 15 is 0 Å². The predicted octanol–water partition coefficient (Wildman–Crippen LogP) is 4.85. The standard InChI is InChI=1S/C52H73N7O9/c1-50-22-19-34(66-3)26-33(50)17-18-35-38(50)20-23-51(2)39(35)28-42(68-52(51)21-11-25-67-52)48(65)57-40(16-10-24-55-49(53)54)47(64)59-44(32-14-8-5-9-15-32)36-27-37(36)45(62)58-41(29-43(60)61)46(63)56-30-31-12-6-4-7-13-31/h4-9,12-15,33-42,44H,10-11,16-30H2,1-3H3,(H,56,63)(H,57,65)(H,58,62)(H,59,64)(H,60,61)(H4,53,54,55)/t33-,34-,35+,36+,37+,38-,39-,40-,41-,42+,44-,50-,51-,52+/m0/s1. The highest BCUT2D eigenvalue weighted by Crippen LogP contribution is 2.68. The van der Waals surface area contributed by atoms with Crippen LogP contribution in [0, 0.1) is 46.3 Å². The SMILES string of the molecule is CO[C@H]1CC[C@@]2(C)[C@@H](CC[C@@H]3[C@@H]2CC[C@@]2(C)[C@H]3C[C@H](C(=O)N[C@@H](CCCN=C(N)N)C(=O)N[C@@H](c3ccccc3)[C@@H]3C[C@H]3C(=O)N[C@@H](CC(=O)O)C(=O)NCc3ccccc3)O[C@]23CCCO3)C1. The Morgan fingerprint density at radius 1 is 0.838 bits per heavy atom. The van der Waals surface area contributed by atoms with Crippen LogP contribution in [0.1, 0.15) is 121 Å². The number of methoxy groups -OCH3 is 1. The van der Waals surface area contributed by atoms with Crippen molar-refractivity contribution in [2.24, 2.45) is 62.8 Å². The van der Waals surface area contributed by atoms with E-state index in [-0.39, 0.29) is 54.0 Å². The van der Waals surface area contributed by atoms with E-state index in [0.717, 1.165) is 62.5 Å². The molecule has 4 aliphatic carbocycles. The van der Waals surface area contributed by atoms with Gasteiger partial charge in [0.05, 0.1) is 25.2 Å². The summed E-state index contributed by atoms with van der Waals surface area (Å²) in [5.41, 5.74) is 12.8. The van der Waals surface area contributed by atoms with Crippen molar-refractivity contribution >= 4 is 35.6 Å². The summed E-state index contributed by atoms with van der Waals surface area (Å²) in [6, 6.07) is 15.6. The number of nitrogens with zero attached hydrogens (tertiary/aromatic N) is 1. The molecule has 0 aromatic heterocycles. The van der Waals surface area contributed by atoms with Crippen molar-refractivity contribution in [2.45, 2.75) is 146 Å². The van der Waals surface area contributed by atoms with Gasteiger partial charge in [0.2, 0.25) is 23.6 Å². The monoisotopic (exact) mass is 940 g/mol. The lowest BCUT2D eigenvalue weighted by Gasteiger charge is -2.66. The molecule has 2 aromatic carbocycles. The lowest BCUT2D eigenvalue weighted by atomic mass is 9.42. The van der Waals surface area contributed by atoms with E-state index < -0.39 is 66.0 Å². The average molecular weight is 940 g/mol. The normalized spacial score (nSPS) is 33.8. The molecule has 6 aliphatic rings. The third-order valence-electron chi connectivity index (χ3n) is 17.2. The maximum Gasteiger partial charge on any atom is 0.305 e. The topological polar surface area (TPSA) is 246 Å². The van der Waals surface area contributed by atoms with Crippen LogP contribution in [0.25, 0.3) is 0 Å². The molecule has 16 nitrogen and oxygen atoms in total. The minimum absolute atomic E-state index is 0.0718. The van der Waals surface area contributed by atoms with Crippen LogP contribution in [0.5, 0.6) is 0 Å². The number of ether oxygens (including phenoxy) is 3. The number of carbonyl (C=O) groups excluding carboxylic acids is 4. The first-order valence-electron chi connectivity index (χ1n) is 25.0. The number of nitrogens with two attached hydrogens (primary N) is 2. The second-order valence-corrected chi connectivity index (χ2v) is 21.1. The fourth-order valence-electron chi connectivity index (χ4n) is 13.5. The molecule has 16 heteroatoms. The molecule has 9 N–H and O–H groups in total. The Bertz CT molecular complexity index is 2150. The maximum atomic E-state index is 14.8. The Balaban J connectivity index is 0.985. The molecule has 2 aromatic rings. The number of aliphatic imine (C=N–C) groups is 1. The lowest BCUT2D eigenvalue weighted by molar-refractivity contribution is -0.348. The number of carboxylic acids is 1. The highest BCUT2D eigenvalue weighted by Gasteiger charge is 2.67. The Labute approximate surface area is 400 Å². The zero-order chi connectivity index (χ0) is 48.2. The Hall–Kier alpha value is -5.06. The van der Waals surface area contributed by atoms with Gasteiger partial charge in [-0.05, 0) is 123 Å². The van der Waals surface area contributed by atoms with Gasteiger partial charge in [-0.1, -0.05) is 74.5 Å². The smallest absolute Gasteiger partial charge is 0.305 e. The fourth-order valence-corrected chi connectivity index (χ4v) is 13.5. The zero-order valence-corrected chi connectivity index (χ0v) is 40.0. The van der Waals surface area contributed by atoms with Crippen molar-refractivity contribution in [3.05, 3.63) is 71.8 Å². The van der Waals surface area contributed by atoms with Crippen molar-refractivity contribution in [1.82, 2.24) is 21.3 Å². The molecule has 2 heterocycles. The molecule has 6 fully saturated rings. The first kappa shape index (κ1) is 49.4. The third-order valence-corrected chi connectivity index (χ3v) is 17.2. The molecule has 8 rings (SSSR count). The summed E-state index contributed by atoms with van der Waals surface area (Å²) in [6.45, 7) is 5.84. The van der Waals surface area contributed by atoms with Gasteiger partial charge in [-0.2, -0.15) is 0 Å². The number of carboxylic acid groups (broad SMARTS) is 1. The molecule has 0 radical (unpaired) electrons. The molecule has 370 valence electrons. The third kappa shape index (κ3) is 10.4. The molecule has 0 unspecified atom stereocenters. The fraction of sp³-hybridized carbons (Fsp3) is 0.654. The Morgan fingerprint density at radius 3 is 2.26 bits per heavy atom. The number of amides is 4. The van der Waals surface area contributed by atoms with Crippen molar-refractivity contribution in [1.29, 1.82) is 0 Å². The minimum Gasteiger partial charge on any atom is -0.481 e. The number of guanidine groups is 1. The zero-order valence-electron chi connectivity index (χ0n) is 40.0. The molecule has 4 amide bonds. The average Bonchev–Trinajstić information content (AvgIpc) is 3.99. The quantitative estimate of drug-likeness (QED) is 0.0605. The van der Waals surface area contributed by atoms with Gasteiger partial charge in [0.25, 0.3) is 0 Å². The van der Waals surface area contributed by atoms with E-state index in [1.807, 2.05) is 67.8 Å². The van der Waals surface area contributed by atoms with E-state index in [2.05, 4.69) is 40.1 Å². The molecule has 0 bridgehead atoms. The van der Waals surface area contributed by atoms with Gasteiger partial charge in [0, 0.05) is 38.0 Å². The van der Waals surface area contributed by atoms with Crippen LogP contribution in [0.4, 0.5) is 0 Å².